The molecule has 6 heteroatoms. The number of urea groups is 1. The van der Waals surface area contributed by atoms with Crippen LogP contribution in [-0.2, 0) is 7.05 Å². The summed E-state index contributed by atoms with van der Waals surface area (Å²) < 4.78 is 1.51. The Bertz CT molecular complexity index is 1100. The van der Waals surface area contributed by atoms with Crippen LogP contribution in [0.3, 0.4) is 0 Å². The van der Waals surface area contributed by atoms with E-state index in [9.17, 15) is 9.59 Å². The van der Waals surface area contributed by atoms with Crippen LogP contribution in [0.15, 0.2) is 59.5 Å². The maximum atomic E-state index is 12.9. The number of carbonyl (C=O) groups excluding carboxylic acids is 1. The van der Waals surface area contributed by atoms with Gasteiger partial charge in [0.15, 0.2) is 0 Å². The Morgan fingerprint density at radius 2 is 1.72 bits per heavy atom. The van der Waals surface area contributed by atoms with Crippen molar-refractivity contribution in [1.29, 1.82) is 0 Å². The van der Waals surface area contributed by atoms with E-state index in [1.807, 2.05) is 23.1 Å². The lowest BCUT2D eigenvalue weighted by Gasteiger charge is -2.41. The highest BCUT2D eigenvalue weighted by molar-refractivity contribution is 6.01. The summed E-state index contributed by atoms with van der Waals surface area (Å²) in [6.45, 7) is 6.29. The number of carbonyl (C=O) groups is 1. The number of amides is 2. The Hall–Kier alpha value is -3.28. The van der Waals surface area contributed by atoms with Gasteiger partial charge in [-0.3, -0.25) is 4.79 Å². The predicted molar refractivity (Wildman–Crippen MR) is 118 cm³/mol. The standard InChI is InChI=1S/C23H26N4O2/c1-16-8-10-18(11-9-16)27-13-12-26(14-17(27)2)23(29)24-21-15-25(3)22(28)20-7-5-4-6-19(20)21/h4-11,15,17H,12-14H2,1-3H3,(H,24,29)/t17-/m1/s1. The number of fused-ring (bicyclic) bond motifs is 1. The van der Waals surface area contributed by atoms with Gasteiger partial charge in [0.05, 0.1) is 5.69 Å². The van der Waals surface area contributed by atoms with E-state index in [4.69, 9.17) is 0 Å². The second-order valence-electron chi connectivity index (χ2n) is 7.76. The van der Waals surface area contributed by atoms with E-state index in [1.54, 1.807) is 19.3 Å². The van der Waals surface area contributed by atoms with Gasteiger partial charge in [-0.2, -0.15) is 0 Å². The summed E-state index contributed by atoms with van der Waals surface area (Å²) in [6.07, 6.45) is 1.69. The minimum atomic E-state index is -0.135. The third-order valence-corrected chi connectivity index (χ3v) is 5.61. The summed E-state index contributed by atoms with van der Waals surface area (Å²) in [5.41, 5.74) is 3.01. The van der Waals surface area contributed by atoms with Crippen molar-refractivity contribution in [3.8, 4) is 0 Å². The van der Waals surface area contributed by atoms with E-state index >= 15 is 0 Å². The van der Waals surface area contributed by atoms with Crippen molar-refractivity contribution in [2.45, 2.75) is 19.9 Å². The Morgan fingerprint density at radius 3 is 2.41 bits per heavy atom. The second-order valence-corrected chi connectivity index (χ2v) is 7.76. The SMILES string of the molecule is Cc1ccc(N2CCN(C(=O)Nc3cn(C)c(=O)c4ccccc34)C[C@H]2C)cc1. The van der Waals surface area contributed by atoms with Gasteiger partial charge in [-0.1, -0.05) is 35.9 Å². The Balaban J connectivity index is 1.51. The van der Waals surface area contributed by atoms with E-state index in [-0.39, 0.29) is 17.6 Å². The van der Waals surface area contributed by atoms with Gasteiger partial charge in [0.2, 0.25) is 0 Å². The molecule has 2 heterocycles. The third-order valence-electron chi connectivity index (χ3n) is 5.61. The van der Waals surface area contributed by atoms with Crippen molar-refractivity contribution < 1.29 is 4.79 Å². The topological polar surface area (TPSA) is 57.6 Å². The number of hydrogen-bond donors (Lipinski definition) is 1. The first-order valence-corrected chi connectivity index (χ1v) is 9.91. The Kier molecular flexibility index (Phi) is 5.01. The molecule has 2 aromatic carbocycles. The molecule has 0 radical (unpaired) electrons. The first kappa shape index (κ1) is 19.1. The summed E-state index contributed by atoms with van der Waals surface area (Å²) in [7, 11) is 1.70. The fourth-order valence-corrected chi connectivity index (χ4v) is 3.97. The Morgan fingerprint density at radius 1 is 1.03 bits per heavy atom. The largest absolute Gasteiger partial charge is 0.365 e. The van der Waals surface area contributed by atoms with Crippen LogP contribution in [0, 0.1) is 6.92 Å². The zero-order valence-corrected chi connectivity index (χ0v) is 17.1. The first-order chi connectivity index (χ1) is 13.9. The van der Waals surface area contributed by atoms with Gasteiger partial charge < -0.3 is 19.7 Å². The van der Waals surface area contributed by atoms with Gasteiger partial charge in [0.1, 0.15) is 0 Å². The van der Waals surface area contributed by atoms with Crippen LogP contribution in [0.4, 0.5) is 16.2 Å². The second kappa shape index (κ2) is 7.62. The van der Waals surface area contributed by atoms with Gasteiger partial charge >= 0.3 is 6.03 Å². The molecule has 1 saturated heterocycles. The van der Waals surface area contributed by atoms with Gasteiger partial charge in [-0.15, -0.1) is 0 Å². The minimum Gasteiger partial charge on any atom is -0.365 e. The molecule has 29 heavy (non-hydrogen) atoms. The summed E-state index contributed by atoms with van der Waals surface area (Å²) >= 11 is 0. The highest BCUT2D eigenvalue weighted by Crippen LogP contribution is 2.23. The molecule has 1 aromatic heterocycles. The quantitative estimate of drug-likeness (QED) is 0.728. The van der Waals surface area contributed by atoms with Crippen molar-refractivity contribution in [3.05, 3.63) is 70.6 Å². The van der Waals surface area contributed by atoms with Crippen LogP contribution < -0.4 is 15.8 Å². The van der Waals surface area contributed by atoms with Crippen molar-refractivity contribution in [1.82, 2.24) is 9.47 Å². The van der Waals surface area contributed by atoms with E-state index in [0.29, 0.717) is 24.2 Å². The number of pyridine rings is 1. The lowest BCUT2D eigenvalue weighted by atomic mass is 10.1. The van der Waals surface area contributed by atoms with Crippen LogP contribution >= 0.6 is 0 Å². The van der Waals surface area contributed by atoms with Gasteiger partial charge in [-0.05, 0) is 32.0 Å². The van der Waals surface area contributed by atoms with Crippen molar-refractivity contribution >= 4 is 28.2 Å². The summed E-state index contributed by atoms with van der Waals surface area (Å²) in [5, 5.41) is 4.38. The average molecular weight is 390 g/mol. The van der Waals surface area contributed by atoms with E-state index in [1.165, 1.54) is 15.8 Å². The average Bonchev–Trinajstić information content (AvgIpc) is 2.72. The number of piperazine rings is 1. The normalized spacial score (nSPS) is 16.9. The zero-order valence-electron chi connectivity index (χ0n) is 17.1. The molecule has 0 unspecified atom stereocenters. The molecule has 1 N–H and O–H groups in total. The maximum absolute atomic E-state index is 12.9. The number of aryl methyl sites for hydroxylation is 2. The van der Waals surface area contributed by atoms with Crippen molar-refractivity contribution in [2.24, 2.45) is 7.05 Å². The van der Waals surface area contributed by atoms with Gasteiger partial charge in [-0.25, -0.2) is 4.79 Å². The number of anilines is 2. The maximum Gasteiger partial charge on any atom is 0.322 e. The molecule has 0 spiro atoms. The van der Waals surface area contributed by atoms with Crippen LogP contribution in [0.25, 0.3) is 10.8 Å². The molecular weight excluding hydrogens is 364 g/mol. The smallest absolute Gasteiger partial charge is 0.322 e. The summed E-state index contributed by atoms with van der Waals surface area (Å²) in [4.78, 5) is 29.5. The first-order valence-electron chi connectivity index (χ1n) is 9.91. The highest BCUT2D eigenvalue weighted by atomic mass is 16.2. The number of rotatable bonds is 2. The van der Waals surface area contributed by atoms with Crippen LogP contribution in [0.5, 0.6) is 0 Å². The molecular formula is C23H26N4O2. The molecule has 1 aliphatic heterocycles. The van der Waals surface area contributed by atoms with Crippen LogP contribution in [-0.4, -0.2) is 41.2 Å². The van der Waals surface area contributed by atoms with E-state index in [2.05, 4.69) is 48.3 Å². The van der Waals surface area contributed by atoms with Gasteiger partial charge in [0, 0.05) is 55.4 Å². The molecule has 0 bridgehead atoms. The number of nitrogens with one attached hydrogen (secondary N) is 1. The number of nitrogens with zero attached hydrogens (tertiary/aromatic N) is 3. The molecule has 6 nitrogen and oxygen atoms in total. The molecule has 150 valence electrons. The highest BCUT2D eigenvalue weighted by Gasteiger charge is 2.27. The molecule has 3 aromatic rings. The lowest BCUT2D eigenvalue weighted by Crippen LogP contribution is -2.54. The van der Waals surface area contributed by atoms with Gasteiger partial charge in [0.25, 0.3) is 5.56 Å². The monoisotopic (exact) mass is 390 g/mol. The summed E-state index contributed by atoms with van der Waals surface area (Å²) in [5.74, 6) is 0. The fraction of sp³-hybridized carbons (Fsp3) is 0.304. The number of benzene rings is 2. The fourth-order valence-electron chi connectivity index (χ4n) is 3.97. The zero-order chi connectivity index (χ0) is 20.5. The Labute approximate surface area is 170 Å². The van der Waals surface area contributed by atoms with Crippen molar-refractivity contribution in [3.63, 3.8) is 0 Å². The number of aromatic nitrogens is 1. The van der Waals surface area contributed by atoms with E-state index < -0.39 is 0 Å². The molecule has 1 atom stereocenters. The van der Waals surface area contributed by atoms with Crippen LogP contribution in [0.2, 0.25) is 0 Å². The molecule has 0 saturated carbocycles. The van der Waals surface area contributed by atoms with Crippen molar-refractivity contribution in [2.75, 3.05) is 29.9 Å². The molecule has 2 amide bonds. The minimum absolute atomic E-state index is 0.0704. The predicted octanol–water partition coefficient (Wildman–Crippen LogP) is 3.59. The summed E-state index contributed by atoms with van der Waals surface area (Å²) in [6, 6.07) is 16.0. The molecule has 1 fully saturated rings. The number of hydrogen-bond acceptors (Lipinski definition) is 3. The molecule has 4 rings (SSSR count). The lowest BCUT2D eigenvalue weighted by molar-refractivity contribution is 0.200. The third kappa shape index (κ3) is 3.70. The van der Waals surface area contributed by atoms with E-state index in [0.717, 1.165) is 11.9 Å². The molecule has 0 aliphatic carbocycles. The molecule has 1 aliphatic rings. The van der Waals surface area contributed by atoms with Crippen LogP contribution in [0.1, 0.15) is 12.5 Å².